The van der Waals surface area contributed by atoms with Crippen LogP contribution >= 0.6 is 0 Å². The van der Waals surface area contributed by atoms with Crippen molar-refractivity contribution >= 4 is 12.2 Å². The van der Waals surface area contributed by atoms with Crippen molar-refractivity contribution in [3.05, 3.63) is 71.8 Å². The van der Waals surface area contributed by atoms with E-state index in [9.17, 15) is 0 Å². The Balaban J connectivity index is 2.12. The van der Waals surface area contributed by atoms with Gasteiger partial charge in [-0.05, 0) is 64.4 Å². The molecule has 0 aromatic heterocycles. The first-order valence-corrected chi connectivity index (χ1v) is 6.32. The first-order valence-electron chi connectivity index (χ1n) is 6.32. The van der Waals surface area contributed by atoms with Gasteiger partial charge in [-0.25, -0.2) is 0 Å². The van der Waals surface area contributed by atoms with Gasteiger partial charge in [0.05, 0.1) is 0 Å². The van der Waals surface area contributed by atoms with Crippen molar-refractivity contribution in [3.63, 3.8) is 0 Å². The molecular formula is C18H16. The summed E-state index contributed by atoms with van der Waals surface area (Å²) >= 11 is 0. The summed E-state index contributed by atoms with van der Waals surface area (Å²) in [6, 6.07) is 13.2. The average molecular weight is 232 g/mol. The number of rotatable bonds is 3. The van der Waals surface area contributed by atoms with Gasteiger partial charge in [-0.3, -0.25) is 0 Å². The van der Waals surface area contributed by atoms with E-state index in [4.69, 9.17) is 0 Å². The second-order valence-corrected chi connectivity index (χ2v) is 4.78. The summed E-state index contributed by atoms with van der Waals surface area (Å²) in [5, 5.41) is 0. The lowest BCUT2D eigenvalue weighted by molar-refractivity contribution is 0.840. The molecule has 0 spiro atoms. The Kier molecular flexibility index (Phi) is 2.64. The van der Waals surface area contributed by atoms with Crippen LogP contribution in [0.25, 0.3) is 23.3 Å². The van der Waals surface area contributed by atoms with Gasteiger partial charge in [0.2, 0.25) is 0 Å². The quantitative estimate of drug-likeness (QED) is 0.717. The average Bonchev–Trinajstić information content (AvgIpc) is 2.39. The van der Waals surface area contributed by atoms with Crippen molar-refractivity contribution < 1.29 is 0 Å². The minimum absolute atomic E-state index is 1.14. The normalized spacial score (nSPS) is 12.4. The predicted molar refractivity (Wildman–Crippen MR) is 79.5 cm³/mol. The van der Waals surface area contributed by atoms with E-state index < -0.39 is 0 Å². The molecule has 0 nitrogen and oxygen atoms in total. The zero-order chi connectivity index (χ0) is 12.5. The van der Waals surface area contributed by atoms with Gasteiger partial charge in [0.25, 0.3) is 0 Å². The van der Waals surface area contributed by atoms with E-state index in [1.54, 1.807) is 0 Å². The Bertz CT molecular complexity index is 606. The van der Waals surface area contributed by atoms with Crippen molar-refractivity contribution in [1.29, 1.82) is 0 Å². The van der Waals surface area contributed by atoms with Crippen LogP contribution < -0.4 is 0 Å². The van der Waals surface area contributed by atoms with Gasteiger partial charge in [0, 0.05) is 0 Å². The lowest BCUT2D eigenvalue weighted by atomic mass is 9.86. The van der Waals surface area contributed by atoms with Gasteiger partial charge in [-0.15, -0.1) is 0 Å². The van der Waals surface area contributed by atoms with Gasteiger partial charge in [0.1, 0.15) is 0 Å². The maximum Gasteiger partial charge on any atom is -0.0172 e. The molecular weight excluding hydrogens is 216 g/mol. The molecule has 0 saturated carbocycles. The second-order valence-electron chi connectivity index (χ2n) is 4.78. The van der Waals surface area contributed by atoms with E-state index in [0.29, 0.717) is 0 Å². The summed E-state index contributed by atoms with van der Waals surface area (Å²) in [7, 11) is 0. The molecule has 0 radical (unpaired) electrons. The smallest absolute Gasteiger partial charge is 0.0172 e. The van der Waals surface area contributed by atoms with E-state index in [0.717, 1.165) is 11.1 Å². The topological polar surface area (TPSA) is 0 Å². The maximum atomic E-state index is 3.85. The largest absolute Gasteiger partial charge is 0.0985 e. The Morgan fingerprint density at radius 2 is 1.39 bits per heavy atom. The molecule has 0 fully saturated rings. The van der Waals surface area contributed by atoms with Crippen LogP contribution in [0.15, 0.2) is 49.6 Å². The molecule has 18 heavy (non-hydrogen) atoms. The van der Waals surface area contributed by atoms with Crippen LogP contribution in [-0.4, -0.2) is 0 Å². The molecule has 0 saturated heterocycles. The number of hydrogen-bond donors (Lipinski definition) is 0. The van der Waals surface area contributed by atoms with Crippen molar-refractivity contribution in [2.24, 2.45) is 0 Å². The Morgan fingerprint density at radius 1 is 0.722 bits per heavy atom. The Hall–Kier alpha value is -2.08. The van der Waals surface area contributed by atoms with Gasteiger partial charge >= 0.3 is 0 Å². The molecule has 2 aromatic carbocycles. The fourth-order valence-corrected chi connectivity index (χ4v) is 2.45. The van der Waals surface area contributed by atoms with E-state index in [1.807, 2.05) is 12.2 Å². The molecule has 1 aliphatic carbocycles. The molecule has 0 heterocycles. The summed E-state index contributed by atoms with van der Waals surface area (Å²) in [6.07, 6.45) is 6.23. The summed E-state index contributed by atoms with van der Waals surface area (Å²) in [6.45, 7) is 7.70. The number of hydrogen-bond acceptors (Lipinski definition) is 0. The molecule has 0 N–H and O–H groups in total. The fourth-order valence-electron chi connectivity index (χ4n) is 2.45. The molecule has 0 atom stereocenters. The van der Waals surface area contributed by atoms with Gasteiger partial charge < -0.3 is 0 Å². The zero-order valence-electron chi connectivity index (χ0n) is 10.4. The highest BCUT2D eigenvalue weighted by atomic mass is 14.2. The lowest BCUT2D eigenvalue weighted by Gasteiger charge is -2.19. The highest BCUT2D eigenvalue weighted by molar-refractivity contribution is 5.72. The summed E-state index contributed by atoms with van der Waals surface area (Å²) in [4.78, 5) is 0. The molecule has 2 aromatic rings. The van der Waals surface area contributed by atoms with Crippen molar-refractivity contribution in [2.45, 2.75) is 12.8 Å². The molecule has 88 valence electrons. The van der Waals surface area contributed by atoms with Crippen LogP contribution in [0.1, 0.15) is 22.3 Å². The summed E-state index contributed by atoms with van der Waals surface area (Å²) < 4.78 is 0. The highest BCUT2D eigenvalue weighted by Crippen LogP contribution is 2.30. The summed E-state index contributed by atoms with van der Waals surface area (Å²) in [5.41, 5.74) is 7.83. The van der Waals surface area contributed by atoms with Crippen molar-refractivity contribution in [3.8, 4) is 11.1 Å². The molecule has 0 unspecified atom stereocenters. The highest BCUT2D eigenvalue weighted by Gasteiger charge is 2.13. The maximum absolute atomic E-state index is 3.85. The predicted octanol–water partition coefficient (Wildman–Crippen LogP) is 4.74. The zero-order valence-corrected chi connectivity index (χ0v) is 10.4. The number of benzene rings is 2. The van der Waals surface area contributed by atoms with Gasteiger partial charge in [-0.1, -0.05) is 43.5 Å². The molecule has 1 aliphatic rings. The van der Waals surface area contributed by atoms with E-state index >= 15 is 0 Å². The molecule has 0 aliphatic heterocycles. The van der Waals surface area contributed by atoms with Crippen LogP contribution in [0.3, 0.4) is 0 Å². The monoisotopic (exact) mass is 232 g/mol. The van der Waals surface area contributed by atoms with E-state index in [-0.39, 0.29) is 0 Å². The Labute approximate surface area is 108 Å². The standard InChI is InChI=1S/C18H16/c1-3-13-9-14(4-2)11-18(10-13)17-8-6-15-5-7-16(15)12-17/h3-4,6,8-12H,1-2,5,7H2. The van der Waals surface area contributed by atoms with Gasteiger partial charge in [-0.2, -0.15) is 0 Å². The van der Waals surface area contributed by atoms with E-state index in [2.05, 4.69) is 49.6 Å². The molecule has 0 amide bonds. The molecule has 3 rings (SSSR count). The summed E-state index contributed by atoms with van der Waals surface area (Å²) in [5.74, 6) is 0. The Morgan fingerprint density at radius 3 is 1.89 bits per heavy atom. The minimum atomic E-state index is 1.14. The third kappa shape index (κ3) is 1.80. The van der Waals surface area contributed by atoms with Crippen molar-refractivity contribution in [1.82, 2.24) is 0 Å². The fraction of sp³-hybridized carbons (Fsp3) is 0.111. The lowest BCUT2D eigenvalue weighted by Crippen LogP contribution is -2.07. The first kappa shape index (κ1) is 11.0. The number of aryl methyl sites for hydroxylation is 2. The van der Waals surface area contributed by atoms with Crippen LogP contribution in [0.2, 0.25) is 0 Å². The van der Waals surface area contributed by atoms with Crippen molar-refractivity contribution in [2.75, 3.05) is 0 Å². The second kappa shape index (κ2) is 4.30. The molecule has 0 bridgehead atoms. The van der Waals surface area contributed by atoms with Crippen LogP contribution in [0.4, 0.5) is 0 Å². The minimum Gasteiger partial charge on any atom is -0.0985 e. The van der Waals surface area contributed by atoms with Crippen LogP contribution in [0, 0.1) is 0 Å². The number of fused-ring (bicyclic) bond motifs is 1. The third-order valence-electron chi connectivity index (χ3n) is 3.65. The first-order chi connectivity index (χ1) is 8.80. The van der Waals surface area contributed by atoms with Crippen LogP contribution in [0.5, 0.6) is 0 Å². The van der Waals surface area contributed by atoms with Gasteiger partial charge in [0.15, 0.2) is 0 Å². The van der Waals surface area contributed by atoms with Crippen LogP contribution in [-0.2, 0) is 12.8 Å². The van der Waals surface area contributed by atoms with E-state index in [1.165, 1.54) is 35.1 Å². The molecule has 0 heteroatoms. The SMILES string of the molecule is C=Cc1cc(C=C)cc(-c2ccc3c(c2)CC3)c1. The third-order valence-corrected chi connectivity index (χ3v) is 3.65.